The van der Waals surface area contributed by atoms with Gasteiger partial charge in [-0.2, -0.15) is 5.10 Å². The lowest BCUT2D eigenvalue weighted by Crippen LogP contribution is -2.32. The topological polar surface area (TPSA) is 68.8 Å². The highest BCUT2D eigenvalue weighted by Crippen LogP contribution is 2.43. The Morgan fingerprint density at radius 1 is 1.18 bits per heavy atom. The predicted molar refractivity (Wildman–Crippen MR) is 146 cm³/mol. The summed E-state index contributed by atoms with van der Waals surface area (Å²) in [4.78, 5) is 4.53. The van der Waals surface area contributed by atoms with E-state index in [1.807, 2.05) is 55.4 Å². The number of rotatable bonds is 7. The number of hydrogen-bond acceptors (Lipinski definition) is 6. The molecule has 38 heavy (non-hydrogen) atoms. The molecule has 0 radical (unpaired) electrons. The number of hydrazine groups is 1. The predicted octanol–water partition coefficient (Wildman–Crippen LogP) is 4.72. The molecule has 0 saturated heterocycles. The van der Waals surface area contributed by atoms with E-state index in [1.54, 1.807) is 6.07 Å². The van der Waals surface area contributed by atoms with Gasteiger partial charge in [-0.05, 0) is 50.1 Å². The SMILES string of the molecule is CNN(C)Cc1cnc2ccc(-c3ccc(F)c4c3OC(Cc3c(CC(C)(C)C)nn(C)c3C)CO4)cn12. The number of nitrogens with one attached hydrogen (secondary N) is 1. The van der Waals surface area contributed by atoms with Crippen LogP contribution in [0.5, 0.6) is 11.5 Å². The molecule has 8 nitrogen and oxygen atoms in total. The number of fused-ring (bicyclic) bond motifs is 2. The molecular weight excluding hydrogens is 483 g/mol. The third-order valence-corrected chi connectivity index (χ3v) is 7.11. The summed E-state index contributed by atoms with van der Waals surface area (Å²) in [6.45, 7) is 9.67. The van der Waals surface area contributed by atoms with Crippen LogP contribution in [0.25, 0.3) is 16.8 Å². The second-order valence-electron chi connectivity index (χ2n) is 11.4. The highest BCUT2D eigenvalue weighted by atomic mass is 19.1. The number of aryl methyl sites for hydroxylation is 1. The average Bonchev–Trinajstić information content (AvgIpc) is 3.38. The van der Waals surface area contributed by atoms with Gasteiger partial charge >= 0.3 is 0 Å². The number of pyridine rings is 1. The van der Waals surface area contributed by atoms with Gasteiger partial charge in [-0.1, -0.05) is 20.8 Å². The van der Waals surface area contributed by atoms with Gasteiger partial charge in [0.15, 0.2) is 17.3 Å². The van der Waals surface area contributed by atoms with Crippen molar-refractivity contribution in [1.82, 2.24) is 29.6 Å². The Morgan fingerprint density at radius 3 is 2.71 bits per heavy atom. The summed E-state index contributed by atoms with van der Waals surface area (Å²) in [5.41, 5.74) is 10.2. The van der Waals surface area contributed by atoms with E-state index >= 15 is 0 Å². The monoisotopic (exact) mass is 520 g/mol. The number of aromatic nitrogens is 4. The van der Waals surface area contributed by atoms with Crippen LogP contribution in [0, 0.1) is 18.2 Å². The van der Waals surface area contributed by atoms with E-state index in [0.717, 1.165) is 40.3 Å². The minimum atomic E-state index is -0.423. The largest absolute Gasteiger partial charge is 0.483 e. The van der Waals surface area contributed by atoms with E-state index in [1.165, 1.54) is 11.6 Å². The van der Waals surface area contributed by atoms with Crippen LogP contribution in [0.1, 0.15) is 43.4 Å². The minimum Gasteiger partial charge on any atom is -0.483 e. The Labute approximate surface area is 223 Å². The molecule has 0 spiro atoms. The fourth-order valence-electron chi connectivity index (χ4n) is 4.98. The molecule has 1 unspecified atom stereocenters. The second kappa shape index (κ2) is 10.0. The van der Waals surface area contributed by atoms with Crippen molar-refractivity contribution < 1.29 is 13.9 Å². The quantitative estimate of drug-likeness (QED) is 0.356. The van der Waals surface area contributed by atoms with Crippen molar-refractivity contribution in [1.29, 1.82) is 0 Å². The Hall–Kier alpha value is -3.43. The van der Waals surface area contributed by atoms with Gasteiger partial charge in [0.05, 0.1) is 24.1 Å². The zero-order valence-corrected chi connectivity index (χ0v) is 23.3. The zero-order chi connectivity index (χ0) is 27.2. The smallest absolute Gasteiger partial charge is 0.197 e. The maximum atomic E-state index is 14.8. The van der Waals surface area contributed by atoms with Gasteiger partial charge in [-0.3, -0.25) is 10.1 Å². The third-order valence-electron chi connectivity index (χ3n) is 7.11. The van der Waals surface area contributed by atoms with Gasteiger partial charge in [-0.15, -0.1) is 0 Å². The summed E-state index contributed by atoms with van der Waals surface area (Å²) in [7, 11) is 5.83. The van der Waals surface area contributed by atoms with Crippen LogP contribution in [0.2, 0.25) is 0 Å². The summed E-state index contributed by atoms with van der Waals surface area (Å²) >= 11 is 0. The maximum Gasteiger partial charge on any atom is 0.197 e. The van der Waals surface area contributed by atoms with Crippen molar-refractivity contribution >= 4 is 5.65 Å². The zero-order valence-electron chi connectivity index (χ0n) is 23.3. The molecule has 3 aromatic heterocycles. The van der Waals surface area contributed by atoms with Crippen LogP contribution in [0.3, 0.4) is 0 Å². The van der Waals surface area contributed by atoms with Crippen LogP contribution in [-0.2, 0) is 26.4 Å². The molecule has 5 rings (SSSR count). The molecule has 0 bridgehead atoms. The number of hydrogen-bond donors (Lipinski definition) is 1. The number of benzene rings is 1. The second-order valence-corrected chi connectivity index (χ2v) is 11.4. The van der Waals surface area contributed by atoms with Gasteiger partial charge in [0, 0.05) is 49.1 Å². The van der Waals surface area contributed by atoms with E-state index < -0.39 is 5.82 Å². The fourth-order valence-corrected chi connectivity index (χ4v) is 4.98. The highest BCUT2D eigenvalue weighted by molar-refractivity contribution is 5.75. The van der Waals surface area contributed by atoms with Crippen molar-refractivity contribution in [2.24, 2.45) is 12.5 Å². The lowest BCUT2D eigenvalue weighted by molar-refractivity contribution is 0.0874. The summed E-state index contributed by atoms with van der Waals surface area (Å²) in [6, 6.07) is 7.16. The molecule has 9 heteroatoms. The van der Waals surface area contributed by atoms with E-state index in [9.17, 15) is 4.39 Å². The Kier molecular flexibility index (Phi) is 6.92. The molecule has 4 heterocycles. The average molecular weight is 521 g/mol. The van der Waals surface area contributed by atoms with Crippen molar-refractivity contribution in [2.45, 2.75) is 53.2 Å². The van der Waals surface area contributed by atoms with Gasteiger partial charge < -0.3 is 13.9 Å². The van der Waals surface area contributed by atoms with Crippen LogP contribution < -0.4 is 14.9 Å². The summed E-state index contributed by atoms with van der Waals surface area (Å²) in [6.07, 6.45) is 5.13. The van der Waals surface area contributed by atoms with Crippen LogP contribution in [-0.4, -0.2) is 51.0 Å². The summed E-state index contributed by atoms with van der Waals surface area (Å²) in [5, 5.41) is 6.76. The molecule has 1 atom stereocenters. The molecule has 0 aliphatic carbocycles. The summed E-state index contributed by atoms with van der Waals surface area (Å²) in [5.74, 6) is 0.180. The molecule has 0 fully saturated rings. The van der Waals surface area contributed by atoms with Gasteiger partial charge in [0.1, 0.15) is 18.4 Å². The van der Waals surface area contributed by atoms with Crippen LogP contribution >= 0.6 is 0 Å². The fraction of sp³-hybridized carbons (Fsp3) is 0.448. The molecule has 0 amide bonds. The van der Waals surface area contributed by atoms with Crippen LogP contribution in [0.4, 0.5) is 4.39 Å². The van der Waals surface area contributed by atoms with E-state index in [0.29, 0.717) is 18.7 Å². The van der Waals surface area contributed by atoms with Crippen LogP contribution in [0.15, 0.2) is 36.7 Å². The first-order valence-electron chi connectivity index (χ1n) is 13.0. The Morgan fingerprint density at radius 2 is 1.97 bits per heavy atom. The normalized spacial score (nSPS) is 15.6. The van der Waals surface area contributed by atoms with Crippen molar-refractivity contribution in [3.8, 4) is 22.6 Å². The minimum absolute atomic E-state index is 0.106. The Bertz CT molecular complexity index is 1470. The molecule has 0 saturated carbocycles. The molecule has 1 aliphatic rings. The van der Waals surface area contributed by atoms with E-state index in [-0.39, 0.29) is 23.9 Å². The molecule has 1 aliphatic heterocycles. The maximum absolute atomic E-state index is 14.8. The van der Waals surface area contributed by atoms with Gasteiger partial charge in [-0.25, -0.2) is 14.4 Å². The molecule has 1 N–H and O–H groups in total. The number of halogens is 1. The molecule has 4 aromatic rings. The van der Waals surface area contributed by atoms with Gasteiger partial charge in [0.2, 0.25) is 0 Å². The highest BCUT2D eigenvalue weighted by Gasteiger charge is 2.30. The third kappa shape index (κ3) is 5.13. The van der Waals surface area contributed by atoms with Crippen molar-refractivity contribution in [3.63, 3.8) is 0 Å². The van der Waals surface area contributed by atoms with Crippen molar-refractivity contribution in [3.05, 3.63) is 65.1 Å². The van der Waals surface area contributed by atoms with Crippen molar-refractivity contribution in [2.75, 3.05) is 20.7 Å². The first kappa shape index (κ1) is 26.2. The van der Waals surface area contributed by atoms with E-state index in [2.05, 4.69) is 42.5 Å². The number of ether oxygens (including phenoxy) is 2. The standard InChI is InChI=1S/C29H37FN6O2/c1-18-23(25(33-35(18)7)13-29(2,3)4)12-21-17-37-28-24(30)10-9-22(27(28)38-21)19-8-11-26-32-14-20(36(26)15-19)16-34(6)31-5/h8-11,14-15,21,31H,12-13,16-17H2,1-7H3. The lowest BCUT2D eigenvalue weighted by Gasteiger charge is -2.29. The van der Waals surface area contributed by atoms with E-state index in [4.69, 9.17) is 14.6 Å². The lowest BCUT2D eigenvalue weighted by atomic mass is 9.88. The number of imidazole rings is 1. The summed E-state index contributed by atoms with van der Waals surface area (Å²) < 4.78 is 31.3. The molecule has 202 valence electrons. The first-order valence-corrected chi connectivity index (χ1v) is 13.0. The Balaban J connectivity index is 1.48. The molecule has 1 aromatic carbocycles. The van der Waals surface area contributed by atoms with Gasteiger partial charge in [0.25, 0.3) is 0 Å². The number of nitrogens with zero attached hydrogens (tertiary/aromatic N) is 5. The first-order chi connectivity index (χ1) is 18.0. The molecular formula is C29H37FN6O2.